The fraction of sp³-hybridized carbons (Fsp3) is 0.278. The molecule has 0 radical (unpaired) electrons. The second-order valence-electron chi connectivity index (χ2n) is 6.70. The van der Waals surface area contributed by atoms with Gasteiger partial charge < -0.3 is 10.1 Å². The molecule has 2 aliphatic rings. The third-order valence-electron chi connectivity index (χ3n) is 4.86. The number of nitrogens with one attached hydrogen (secondary N) is 1. The number of ether oxygens (including phenoxy) is 1. The van der Waals surface area contributed by atoms with Crippen LogP contribution < -0.4 is 5.32 Å². The maximum absolute atomic E-state index is 13.3. The second-order valence-corrected chi connectivity index (χ2v) is 9.31. The van der Waals surface area contributed by atoms with Gasteiger partial charge in [0.25, 0.3) is 5.91 Å². The average molecular weight is 432 g/mol. The first-order valence-electron chi connectivity index (χ1n) is 8.31. The Balaban J connectivity index is 1.60. The van der Waals surface area contributed by atoms with Gasteiger partial charge >= 0.3 is 0 Å². The maximum atomic E-state index is 13.3. The number of hydrogen-bond donors (Lipinski definition) is 1. The maximum Gasteiger partial charge on any atom is 0.255 e. The number of halogens is 4. The smallest absolute Gasteiger partial charge is 0.255 e. The lowest BCUT2D eigenvalue weighted by Crippen LogP contribution is -2.22. The van der Waals surface area contributed by atoms with Crippen LogP contribution in [-0.4, -0.2) is 31.8 Å². The van der Waals surface area contributed by atoms with Crippen LogP contribution in [0.3, 0.4) is 0 Å². The van der Waals surface area contributed by atoms with E-state index < -0.39 is 38.4 Å². The van der Waals surface area contributed by atoms with Gasteiger partial charge in [-0.05, 0) is 31.0 Å². The van der Waals surface area contributed by atoms with Crippen LogP contribution in [-0.2, 0) is 14.6 Å². The number of fused-ring (bicyclic) bond motifs is 1. The number of carbonyl (C=O) groups is 1. The number of epoxide rings is 1. The van der Waals surface area contributed by atoms with Crippen molar-refractivity contribution in [2.45, 2.75) is 35.2 Å². The summed E-state index contributed by atoms with van der Waals surface area (Å²) in [6.45, 7) is 0. The van der Waals surface area contributed by atoms with E-state index in [1.165, 1.54) is 12.1 Å². The Kier molecular flexibility index (Phi) is 4.64. The van der Waals surface area contributed by atoms with Crippen molar-refractivity contribution in [3.63, 3.8) is 0 Å². The first kappa shape index (κ1) is 19.2. The van der Waals surface area contributed by atoms with Crippen LogP contribution >= 0.6 is 11.6 Å². The topological polar surface area (TPSA) is 75.8 Å². The number of hydrogen-bond acceptors (Lipinski definition) is 4. The summed E-state index contributed by atoms with van der Waals surface area (Å²) in [7, 11) is -3.78. The van der Waals surface area contributed by atoms with Crippen molar-refractivity contribution in [1.29, 1.82) is 0 Å². The molecule has 0 unspecified atom stereocenters. The van der Waals surface area contributed by atoms with Crippen molar-refractivity contribution in [2.75, 3.05) is 5.32 Å². The van der Waals surface area contributed by atoms with Gasteiger partial charge in [-0.3, -0.25) is 4.79 Å². The van der Waals surface area contributed by atoms with E-state index in [0.717, 1.165) is 6.07 Å². The molecule has 2 fully saturated rings. The highest BCUT2D eigenvalue weighted by molar-refractivity contribution is 7.92. The molecule has 0 spiro atoms. The summed E-state index contributed by atoms with van der Waals surface area (Å²) >= 11 is 6.05. The van der Waals surface area contributed by atoms with Gasteiger partial charge in [0.1, 0.15) is 0 Å². The first-order valence-corrected chi connectivity index (χ1v) is 10.2. The number of rotatable bonds is 4. The minimum atomic E-state index is -3.78. The van der Waals surface area contributed by atoms with E-state index in [0.29, 0.717) is 25.0 Å². The standard InChI is InChI=1S/C18H13ClF3NO4S/c19-11-2-1-8(18(24)23-9-4-12(20)17(22)13(21)5-9)3-16(11)28(25,26)10-6-14-15(7-10)27-14/h1-5,10,14-15H,6-7H2,(H,23,24)/t10-,14+,15-. The minimum absolute atomic E-state index is 0.0306. The van der Waals surface area contributed by atoms with Gasteiger partial charge in [-0.1, -0.05) is 11.6 Å². The highest BCUT2D eigenvalue weighted by Crippen LogP contribution is 2.44. The predicted octanol–water partition coefficient (Wildman–Crippen LogP) is 3.71. The zero-order valence-corrected chi connectivity index (χ0v) is 15.7. The van der Waals surface area contributed by atoms with Crippen molar-refractivity contribution in [3.05, 3.63) is 58.4 Å². The van der Waals surface area contributed by atoms with Crippen LogP contribution in [0, 0.1) is 17.5 Å². The zero-order valence-electron chi connectivity index (χ0n) is 14.1. The monoisotopic (exact) mass is 431 g/mol. The Morgan fingerprint density at radius 2 is 1.68 bits per heavy atom. The first-order chi connectivity index (χ1) is 13.2. The van der Waals surface area contributed by atoms with Crippen LogP contribution in [0.1, 0.15) is 23.2 Å². The van der Waals surface area contributed by atoms with Crippen molar-refractivity contribution >= 4 is 33.0 Å². The van der Waals surface area contributed by atoms with Crippen LogP contribution in [0.15, 0.2) is 35.2 Å². The second kappa shape index (κ2) is 6.75. The summed E-state index contributed by atoms with van der Waals surface area (Å²) < 4.78 is 70.6. The third-order valence-corrected chi connectivity index (χ3v) is 7.51. The van der Waals surface area contributed by atoms with Crippen molar-refractivity contribution in [3.8, 4) is 0 Å². The fourth-order valence-electron chi connectivity index (χ4n) is 3.33. The van der Waals surface area contributed by atoms with Crippen molar-refractivity contribution < 1.29 is 31.1 Å². The summed E-state index contributed by atoms with van der Waals surface area (Å²) in [6.07, 6.45) is 0.642. The molecule has 1 saturated carbocycles. The van der Waals surface area contributed by atoms with Crippen molar-refractivity contribution in [2.24, 2.45) is 0 Å². The van der Waals surface area contributed by atoms with Crippen LogP contribution in [0.4, 0.5) is 18.9 Å². The molecule has 1 saturated heterocycles. The Morgan fingerprint density at radius 1 is 1.07 bits per heavy atom. The summed E-state index contributed by atoms with van der Waals surface area (Å²) in [5, 5.41) is 1.53. The number of benzene rings is 2. The van der Waals surface area contributed by atoms with E-state index in [1.807, 2.05) is 0 Å². The summed E-state index contributed by atoms with van der Waals surface area (Å²) in [5.41, 5.74) is -0.388. The highest BCUT2D eigenvalue weighted by Gasteiger charge is 2.52. The predicted molar refractivity (Wildman–Crippen MR) is 94.6 cm³/mol. The number of carbonyl (C=O) groups excluding carboxylic acids is 1. The van der Waals surface area contributed by atoms with Gasteiger partial charge in [0, 0.05) is 23.4 Å². The summed E-state index contributed by atoms with van der Waals surface area (Å²) in [6, 6.07) is 4.90. The van der Waals surface area contributed by atoms with Gasteiger partial charge in [0.05, 0.1) is 27.4 Å². The van der Waals surface area contributed by atoms with Gasteiger partial charge in [-0.15, -0.1) is 0 Å². The lowest BCUT2D eigenvalue weighted by atomic mass is 10.2. The Labute approximate surface area is 163 Å². The number of anilines is 1. The van der Waals surface area contributed by atoms with Crippen molar-refractivity contribution in [1.82, 2.24) is 0 Å². The molecule has 5 nitrogen and oxygen atoms in total. The molecule has 148 valence electrons. The van der Waals surface area contributed by atoms with E-state index in [-0.39, 0.29) is 33.4 Å². The van der Waals surface area contributed by atoms with Gasteiger partial charge in [0.15, 0.2) is 27.3 Å². The minimum Gasteiger partial charge on any atom is -0.369 e. The largest absolute Gasteiger partial charge is 0.369 e. The molecule has 2 aromatic carbocycles. The molecule has 0 aromatic heterocycles. The summed E-state index contributed by atoms with van der Waals surface area (Å²) in [5.74, 6) is -5.40. The molecular weight excluding hydrogens is 419 g/mol. The fourth-order valence-corrected chi connectivity index (χ4v) is 5.65. The highest BCUT2D eigenvalue weighted by atomic mass is 35.5. The molecule has 2 aromatic rings. The quantitative estimate of drug-likeness (QED) is 0.591. The molecule has 1 aliphatic carbocycles. The van der Waals surface area contributed by atoms with Crippen LogP contribution in [0.2, 0.25) is 5.02 Å². The molecule has 28 heavy (non-hydrogen) atoms. The van der Waals surface area contributed by atoms with Crippen LogP contribution in [0.5, 0.6) is 0 Å². The van der Waals surface area contributed by atoms with E-state index in [9.17, 15) is 26.4 Å². The summed E-state index contributed by atoms with van der Waals surface area (Å²) in [4.78, 5) is 12.2. The number of sulfone groups is 1. The molecule has 10 heteroatoms. The van der Waals surface area contributed by atoms with E-state index >= 15 is 0 Å². The Hall–Kier alpha value is -2.10. The van der Waals surface area contributed by atoms with Gasteiger partial charge in [-0.25, -0.2) is 21.6 Å². The van der Waals surface area contributed by atoms with Gasteiger partial charge in [0.2, 0.25) is 0 Å². The lowest BCUT2D eigenvalue weighted by molar-refractivity contribution is 0.102. The van der Waals surface area contributed by atoms with E-state index in [4.69, 9.17) is 16.3 Å². The SMILES string of the molecule is O=C(Nc1cc(F)c(F)c(F)c1)c1ccc(Cl)c(S(=O)(=O)[C@@H]2C[C@@H]3O[C@@H]3C2)c1. The third kappa shape index (κ3) is 3.38. The van der Waals surface area contributed by atoms with E-state index in [1.54, 1.807) is 0 Å². The Morgan fingerprint density at radius 3 is 2.29 bits per heavy atom. The molecule has 1 aliphatic heterocycles. The Bertz CT molecular complexity index is 1060. The number of amides is 1. The lowest BCUT2D eigenvalue weighted by Gasteiger charge is -2.15. The molecule has 1 heterocycles. The molecule has 4 rings (SSSR count). The van der Waals surface area contributed by atoms with Crippen LogP contribution in [0.25, 0.3) is 0 Å². The molecular formula is C18H13ClF3NO4S. The van der Waals surface area contributed by atoms with Gasteiger partial charge in [-0.2, -0.15) is 0 Å². The normalized spacial score (nSPS) is 23.4. The molecule has 0 bridgehead atoms. The molecule has 1 amide bonds. The molecule has 3 atom stereocenters. The van der Waals surface area contributed by atoms with E-state index in [2.05, 4.69) is 5.32 Å². The molecule has 1 N–H and O–H groups in total. The zero-order chi connectivity index (χ0) is 20.2. The average Bonchev–Trinajstić information content (AvgIpc) is 3.24.